The smallest absolute Gasteiger partial charge is 0.241 e. The van der Waals surface area contributed by atoms with E-state index in [1.165, 1.54) is 24.3 Å². The second-order valence-electron chi connectivity index (χ2n) is 13.5. The van der Waals surface area contributed by atoms with Crippen molar-refractivity contribution in [3.8, 4) is 5.75 Å². The van der Waals surface area contributed by atoms with Crippen molar-refractivity contribution in [3.05, 3.63) is 94.8 Å². The van der Waals surface area contributed by atoms with Crippen molar-refractivity contribution in [3.63, 3.8) is 0 Å². The molecule has 232 valence electrons. The van der Waals surface area contributed by atoms with Gasteiger partial charge in [0.1, 0.15) is 11.6 Å². The molecule has 3 N–H and O–H groups in total. The summed E-state index contributed by atoms with van der Waals surface area (Å²) in [5.74, 6) is -0.0330. The number of fused-ring (bicyclic) bond motifs is 1. The summed E-state index contributed by atoms with van der Waals surface area (Å²) in [6.07, 6.45) is 0.430. The lowest BCUT2D eigenvalue weighted by Crippen LogP contribution is -2.36. The molecule has 3 aromatic carbocycles. The number of nitrogens with one attached hydrogen (secondary N) is 3. The maximum atomic E-state index is 13.7. The van der Waals surface area contributed by atoms with Crippen LogP contribution in [0.15, 0.2) is 71.6 Å². The molecule has 0 saturated heterocycles. The van der Waals surface area contributed by atoms with Crippen LogP contribution >= 0.6 is 0 Å². The van der Waals surface area contributed by atoms with Crippen LogP contribution in [0.1, 0.15) is 88.7 Å². The molecule has 43 heavy (non-hydrogen) atoms. The third-order valence-electron chi connectivity index (χ3n) is 7.43. The van der Waals surface area contributed by atoms with E-state index in [0.717, 1.165) is 29.0 Å². The standard InChI is InChI=1S/C34H44FN3O4S/c1-33(2,3)22-36-21-23-7-16-28-29(17-18-42-31(28)19-23)37-32(39)20-30(24-8-12-26(35)13-9-24)38-43(40,41)27-14-10-25(11-15-27)34(4,5)6/h7-16,19,29-30,36,38H,17-18,20-22H2,1-6H3,(H,37,39)/t29-,30-/m1/s1. The number of carbonyl (C=O) groups is 1. The van der Waals surface area contributed by atoms with Crippen LogP contribution in [0.4, 0.5) is 4.39 Å². The van der Waals surface area contributed by atoms with E-state index in [0.29, 0.717) is 25.1 Å². The van der Waals surface area contributed by atoms with Crippen molar-refractivity contribution < 1.29 is 22.3 Å². The molecule has 2 atom stereocenters. The lowest BCUT2D eigenvalue weighted by Gasteiger charge is -2.28. The van der Waals surface area contributed by atoms with Gasteiger partial charge in [-0.25, -0.2) is 17.5 Å². The second kappa shape index (κ2) is 13.2. The largest absolute Gasteiger partial charge is 0.493 e. The third-order valence-corrected chi connectivity index (χ3v) is 8.91. The minimum atomic E-state index is -3.98. The van der Waals surface area contributed by atoms with Crippen molar-refractivity contribution in [1.29, 1.82) is 0 Å². The van der Waals surface area contributed by atoms with E-state index < -0.39 is 21.9 Å². The Morgan fingerprint density at radius 2 is 1.65 bits per heavy atom. The first kappa shape index (κ1) is 32.6. The van der Waals surface area contributed by atoms with Crippen LogP contribution in [-0.4, -0.2) is 27.5 Å². The van der Waals surface area contributed by atoms with Crippen molar-refractivity contribution >= 4 is 15.9 Å². The second-order valence-corrected chi connectivity index (χ2v) is 15.2. The number of amides is 1. The molecule has 0 bridgehead atoms. The molecule has 4 rings (SSSR count). The normalized spacial score (nSPS) is 16.2. The average molecular weight is 610 g/mol. The number of carbonyl (C=O) groups excluding carboxylic acids is 1. The fraction of sp³-hybridized carbons (Fsp3) is 0.441. The van der Waals surface area contributed by atoms with Gasteiger partial charge in [-0.1, -0.05) is 77.9 Å². The molecule has 0 fully saturated rings. The van der Waals surface area contributed by atoms with E-state index in [-0.39, 0.29) is 34.1 Å². The zero-order chi connectivity index (χ0) is 31.4. The summed E-state index contributed by atoms with van der Waals surface area (Å²) in [6.45, 7) is 14.7. The molecule has 1 aliphatic heterocycles. The van der Waals surface area contributed by atoms with Gasteiger partial charge in [-0.2, -0.15) is 0 Å². The van der Waals surface area contributed by atoms with Gasteiger partial charge in [0.2, 0.25) is 15.9 Å². The van der Waals surface area contributed by atoms with Crippen LogP contribution in [0.3, 0.4) is 0 Å². The maximum absolute atomic E-state index is 13.7. The summed E-state index contributed by atoms with van der Waals surface area (Å²) in [4.78, 5) is 13.5. The topological polar surface area (TPSA) is 96.5 Å². The van der Waals surface area contributed by atoms with Crippen LogP contribution in [0, 0.1) is 11.2 Å². The van der Waals surface area contributed by atoms with Gasteiger partial charge >= 0.3 is 0 Å². The zero-order valence-corrected chi connectivity index (χ0v) is 26.8. The average Bonchev–Trinajstić information content (AvgIpc) is 2.92. The van der Waals surface area contributed by atoms with Crippen LogP contribution < -0.4 is 20.1 Å². The highest BCUT2D eigenvalue weighted by Crippen LogP contribution is 2.33. The Morgan fingerprint density at radius 1 is 0.977 bits per heavy atom. The minimum Gasteiger partial charge on any atom is -0.493 e. The predicted molar refractivity (Wildman–Crippen MR) is 168 cm³/mol. The Morgan fingerprint density at radius 3 is 2.28 bits per heavy atom. The molecule has 1 amide bonds. The highest BCUT2D eigenvalue weighted by molar-refractivity contribution is 7.89. The summed E-state index contributed by atoms with van der Waals surface area (Å²) in [5.41, 5.74) is 3.53. The molecule has 0 aliphatic carbocycles. The molecule has 3 aromatic rings. The van der Waals surface area contributed by atoms with E-state index in [1.54, 1.807) is 24.3 Å². The summed E-state index contributed by atoms with van der Waals surface area (Å²) >= 11 is 0. The molecule has 9 heteroatoms. The van der Waals surface area contributed by atoms with Crippen LogP contribution in [0.2, 0.25) is 0 Å². The van der Waals surface area contributed by atoms with Crippen LogP contribution in [-0.2, 0) is 26.8 Å². The number of hydrogen-bond donors (Lipinski definition) is 3. The van der Waals surface area contributed by atoms with Gasteiger partial charge in [-0.05, 0) is 57.9 Å². The Kier molecular flexibility index (Phi) is 9.99. The van der Waals surface area contributed by atoms with Gasteiger partial charge in [0.05, 0.1) is 23.6 Å². The highest BCUT2D eigenvalue weighted by Gasteiger charge is 2.28. The number of sulfonamides is 1. The first-order chi connectivity index (χ1) is 20.1. The molecule has 0 spiro atoms. The van der Waals surface area contributed by atoms with E-state index in [4.69, 9.17) is 4.74 Å². The molecular weight excluding hydrogens is 565 g/mol. The zero-order valence-electron chi connectivity index (χ0n) is 26.0. The molecule has 1 aliphatic rings. The fourth-order valence-electron chi connectivity index (χ4n) is 5.03. The van der Waals surface area contributed by atoms with E-state index in [9.17, 15) is 17.6 Å². The quantitative estimate of drug-likeness (QED) is 0.250. The fourth-order valence-corrected chi connectivity index (χ4v) is 6.25. The van der Waals surface area contributed by atoms with Gasteiger partial charge < -0.3 is 15.4 Å². The van der Waals surface area contributed by atoms with Gasteiger partial charge in [0, 0.05) is 31.5 Å². The SMILES string of the molecule is CC(C)(C)CNCc1ccc2c(c1)OCC[C@H]2NC(=O)C[C@@H](NS(=O)(=O)c1ccc(C(C)(C)C)cc1)c1ccc(F)cc1. The van der Waals surface area contributed by atoms with E-state index >= 15 is 0 Å². The molecule has 7 nitrogen and oxygen atoms in total. The Labute approximate surface area is 255 Å². The molecule has 0 unspecified atom stereocenters. The number of hydrogen-bond acceptors (Lipinski definition) is 5. The van der Waals surface area contributed by atoms with Gasteiger partial charge in [-0.3, -0.25) is 4.79 Å². The van der Waals surface area contributed by atoms with Crippen molar-refractivity contribution in [1.82, 2.24) is 15.4 Å². The monoisotopic (exact) mass is 609 g/mol. The van der Waals surface area contributed by atoms with Gasteiger partial charge in [-0.15, -0.1) is 0 Å². The number of benzene rings is 3. The third kappa shape index (κ3) is 9.11. The van der Waals surface area contributed by atoms with Crippen LogP contribution in [0.25, 0.3) is 0 Å². The van der Waals surface area contributed by atoms with Gasteiger partial charge in [0.15, 0.2) is 0 Å². The van der Waals surface area contributed by atoms with Crippen molar-refractivity contribution in [2.75, 3.05) is 13.2 Å². The summed E-state index contributed by atoms with van der Waals surface area (Å²) in [7, 11) is -3.98. The Bertz CT molecular complexity index is 1510. The number of halogens is 1. The lowest BCUT2D eigenvalue weighted by atomic mass is 9.87. The predicted octanol–water partition coefficient (Wildman–Crippen LogP) is 6.31. The first-order valence-electron chi connectivity index (χ1n) is 14.7. The van der Waals surface area contributed by atoms with Crippen molar-refractivity contribution in [2.24, 2.45) is 5.41 Å². The van der Waals surface area contributed by atoms with E-state index in [1.807, 2.05) is 18.2 Å². The van der Waals surface area contributed by atoms with E-state index in [2.05, 4.69) is 56.9 Å². The summed E-state index contributed by atoms with van der Waals surface area (Å²) in [5, 5.41) is 6.54. The minimum absolute atomic E-state index is 0.0965. The first-order valence-corrected chi connectivity index (χ1v) is 16.2. The Hall–Kier alpha value is -3.27. The molecular formula is C34H44FN3O4S. The Balaban J connectivity index is 1.49. The lowest BCUT2D eigenvalue weighted by molar-refractivity contribution is -0.122. The molecule has 0 radical (unpaired) electrons. The number of rotatable bonds is 10. The highest BCUT2D eigenvalue weighted by atomic mass is 32.2. The molecule has 0 saturated carbocycles. The summed E-state index contributed by atoms with van der Waals surface area (Å²) < 4.78 is 49.1. The molecule has 1 heterocycles. The maximum Gasteiger partial charge on any atom is 0.241 e. The summed E-state index contributed by atoms with van der Waals surface area (Å²) in [6, 6.07) is 17.1. The molecule has 0 aromatic heterocycles. The van der Waals surface area contributed by atoms with Crippen molar-refractivity contribution in [2.45, 2.75) is 83.3 Å². The van der Waals surface area contributed by atoms with Gasteiger partial charge in [0.25, 0.3) is 0 Å². The van der Waals surface area contributed by atoms with Crippen LogP contribution in [0.5, 0.6) is 5.75 Å². The number of ether oxygens (including phenoxy) is 1.